The average Bonchev–Trinajstić information content (AvgIpc) is 2.12. The third-order valence-electron chi connectivity index (χ3n) is 1.21. The maximum atomic E-state index is 10.1. The van der Waals surface area contributed by atoms with Crippen LogP contribution in [0.4, 0.5) is 0 Å². The van der Waals surface area contributed by atoms with Crippen molar-refractivity contribution >= 4 is 55.6 Å². The monoisotopic (exact) mass is 308 g/mol. The second-order valence-electron chi connectivity index (χ2n) is 1.84. The summed E-state index contributed by atoms with van der Waals surface area (Å²) in [6.45, 7) is 0.608. The Hall–Kier alpha value is 1.30. The smallest absolute Gasteiger partial charge is 0.332 e. The molecule has 1 N–H and O–H groups in total. The zero-order valence-electron chi connectivity index (χ0n) is 6.60. The second-order valence-corrected chi connectivity index (χ2v) is 1.84. The number of ether oxygens (including phenoxy) is 1. The number of halogens is 4. The van der Waals surface area contributed by atoms with Crippen LogP contribution in [0.2, 0.25) is 0 Å². The normalized spacial score (nSPS) is 17.4. The van der Waals surface area contributed by atoms with Gasteiger partial charge >= 0.3 is 5.97 Å². The fourth-order valence-corrected chi connectivity index (χ4v) is 0.772. The predicted molar refractivity (Wildman–Crippen MR) is 55.6 cm³/mol. The summed E-state index contributed by atoms with van der Waals surface area (Å²) < 4.78 is 4.81. The van der Waals surface area contributed by atoms with Crippen molar-refractivity contribution in [1.29, 1.82) is 0 Å². The van der Waals surface area contributed by atoms with Gasteiger partial charge in [0.2, 0.25) is 0 Å². The molecular weight excluding hydrogens is 298 g/mol. The van der Waals surface area contributed by atoms with Crippen LogP contribution < -0.4 is 0 Å². The minimum Gasteiger partial charge on any atom is -0.479 e. The molecule has 1 atom stereocenters. The van der Waals surface area contributed by atoms with Gasteiger partial charge in [-0.3, -0.25) is 0 Å². The molecular formula is C5H12Cl4O3Ti. The summed E-state index contributed by atoms with van der Waals surface area (Å²) in [4.78, 5) is 10.1. The number of carboxylic acid groups (broad SMARTS) is 1. The molecule has 0 saturated carbocycles. The molecule has 1 rings (SSSR count). The third-order valence-corrected chi connectivity index (χ3v) is 1.21. The van der Waals surface area contributed by atoms with E-state index in [-0.39, 0.29) is 71.3 Å². The minimum atomic E-state index is -0.831. The zero-order valence-corrected chi connectivity index (χ0v) is 11.4. The quantitative estimate of drug-likeness (QED) is 0.753. The number of hydrogen-bond donors (Lipinski definition) is 1. The van der Waals surface area contributed by atoms with E-state index in [0.29, 0.717) is 13.0 Å². The van der Waals surface area contributed by atoms with Crippen LogP contribution in [0.5, 0.6) is 0 Å². The maximum absolute atomic E-state index is 10.1. The van der Waals surface area contributed by atoms with Gasteiger partial charge in [0.15, 0.2) is 6.10 Å². The van der Waals surface area contributed by atoms with Gasteiger partial charge in [0, 0.05) is 28.3 Å². The van der Waals surface area contributed by atoms with Crippen molar-refractivity contribution in [2.75, 3.05) is 6.61 Å². The van der Waals surface area contributed by atoms with Gasteiger partial charge in [0.05, 0.1) is 0 Å². The Balaban J connectivity index is -0.0000000427. The van der Waals surface area contributed by atoms with Crippen LogP contribution in [0.15, 0.2) is 0 Å². The predicted octanol–water partition coefficient (Wildman–Crippen LogP) is 1.93. The van der Waals surface area contributed by atoms with Crippen LogP contribution in [-0.2, 0) is 31.2 Å². The zero-order chi connectivity index (χ0) is 5.98. The van der Waals surface area contributed by atoms with Crippen molar-refractivity contribution in [2.45, 2.75) is 18.9 Å². The molecule has 0 amide bonds. The molecule has 0 aromatic carbocycles. The summed E-state index contributed by atoms with van der Waals surface area (Å²) in [6, 6.07) is 0. The molecule has 0 aromatic heterocycles. The number of rotatable bonds is 1. The molecule has 0 aromatic rings. The standard InChI is InChI=1S/C5H8O3.4ClH.Ti/c6-5(7)4-2-1-3-8-4;;;;;/h4H,1-3H2,(H,6,7);4*1H;. The van der Waals surface area contributed by atoms with E-state index in [9.17, 15) is 4.79 Å². The Kier molecular flexibility index (Phi) is 35.5. The van der Waals surface area contributed by atoms with Gasteiger partial charge in [-0.1, -0.05) is 0 Å². The molecule has 1 unspecified atom stereocenters. The molecule has 82 valence electrons. The second kappa shape index (κ2) is 15.8. The van der Waals surface area contributed by atoms with Crippen LogP contribution >= 0.6 is 49.6 Å². The molecule has 1 heterocycles. The largest absolute Gasteiger partial charge is 0.479 e. The number of aliphatic carboxylic acids is 1. The summed E-state index contributed by atoms with van der Waals surface area (Å²) in [5, 5.41) is 8.29. The Labute approximate surface area is 117 Å². The van der Waals surface area contributed by atoms with Gasteiger partial charge in [0.1, 0.15) is 0 Å². The number of hydrogen-bond acceptors (Lipinski definition) is 2. The molecule has 1 fully saturated rings. The van der Waals surface area contributed by atoms with Crippen molar-refractivity contribution in [3.63, 3.8) is 0 Å². The summed E-state index contributed by atoms with van der Waals surface area (Å²) in [7, 11) is 0. The van der Waals surface area contributed by atoms with Gasteiger partial charge < -0.3 is 9.84 Å². The topological polar surface area (TPSA) is 46.5 Å². The average molecular weight is 310 g/mol. The first-order chi connectivity index (χ1) is 3.80. The van der Waals surface area contributed by atoms with Crippen LogP contribution in [0, 0.1) is 0 Å². The van der Waals surface area contributed by atoms with Crippen molar-refractivity contribution in [2.24, 2.45) is 0 Å². The first-order valence-electron chi connectivity index (χ1n) is 2.65. The van der Waals surface area contributed by atoms with Crippen molar-refractivity contribution in [3.05, 3.63) is 0 Å². The fraction of sp³-hybridized carbons (Fsp3) is 0.800. The van der Waals surface area contributed by atoms with Crippen molar-refractivity contribution in [3.8, 4) is 0 Å². The number of carbonyl (C=O) groups is 1. The van der Waals surface area contributed by atoms with Gasteiger partial charge in [-0.2, -0.15) is 0 Å². The van der Waals surface area contributed by atoms with Gasteiger partial charge in [-0.15, -0.1) is 49.6 Å². The molecule has 8 heteroatoms. The van der Waals surface area contributed by atoms with E-state index in [2.05, 4.69) is 0 Å². The summed E-state index contributed by atoms with van der Waals surface area (Å²) >= 11 is 0. The summed E-state index contributed by atoms with van der Waals surface area (Å²) in [6.07, 6.45) is 1.04. The summed E-state index contributed by atoms with van der Waals surface area (Å²) in [5.74, 6) is -0.831. The minimum absolute atomic E-state index is 0. The van der Waals surface area contributed by atoms with E-state index in [1.165, 1.54) is 0 Å². The SMILES string of the molecule is Cl.Cl.Cl.Cl.O=C(O)C1CCCO1.[Ti]. The molecule has 1 aliphatic rings. The van der Waals surface area contributed by atoms with Gasteiger partial charge in [-0.25, -0.2) is 4.79 Å². The molecule has 3 nitrogen and oxygen atoms in total. The first kappa shape index (κ1) is 29.2. The Bertz CT molecular complexity index is 110. The number of carboxylic acids is 1. The molecule has 1 aliphatic heterocycles. The van der Waals surface area contributed by atoms with Gasteiger partial charge in [0.25, 0.3) is 0 Å². The molecule has 0 aliphatic carbocycles. The first-order valence-corrected chi connectivity index (χ1v) is 2.65. The molecule has 1 saturated heterocycles. The fourth-order valence-electron chi connectivity index (χ4n) is 0.772. The van der Waals surface area contributed by atoms with E-state index in [4.69, 9.17) is 9.84 Å². The Morgan fingerprint density at radius 3 is 1.85 bits per heavy atom. The van der Waals surface area contributed by atoms with Crippen LogP contribution in [-0.4, -0.2) is 23.8 Å². The Morgan fingerprint density at radius 2 is 1.69 bits per heavy atom. The molecule has 0 spiro atoms. The van der Waals surface area contributed by atoms with Crippen molar-refractivity contribution < 1.29 is 36.4 Å². The molecule has 13 heavy (non-hydrogen) atoms. The maximum Gasteiger partial charge on any atom is 0.332 e. The van der Waals surface area contributed by atoms with E-state index < -0.39 is 12.1 Å². The molecule has 0 radical (unpaired) electrons. The van der Waals surface area contributed by atoms with E-state index in [1.807, 2.05) is 0 Å². The van der Waals surface area contributed by atoms with Crippen LogP contribution in [0.25, 0.3) is 0 Å². The van der Waals surface area contributed by atoms with Gasteiger partial charge in [-0.05, 0) is 12.8 Å². The Morgan fingerprint density at radius 1 is 1.23 bits per heavy atom. The van der Waals surface area contributed by atoms with Crippen LogP contribution in [0.1, 0.15) is 12.8 Å². The van der Waals surface area contributed by atoms with E-state index >= 15 is 0 Å². The van der Waals surface area contributed by atoms with Crippen LogP contribution in [0.3, 0.4) is 0 Å². The van der Waals surface area contributed by atoms with Crippen molar-refractivity contribution in [1.82, 2.24) is 0 Å². The molecule has 0 bridgehead atoms. The third kappa shape index (κ3) is 11.2. The van der Waals surface area contributed by atoms with E-state index in [0.717, 1.165) is 6.42 Å². The summed E-state index contributed by atoms with van der Waals surface area (Å²) in [5.41, 5.74) is 0. The van der Waals surface area contributed by atoms with E-state index in [1.54, 1.807) is 0 Å².